The summed E-state index contributed by atoms with van der Waals surface area (Å²) >= 11 is 12.5. The first-order valence-electron chi connectivity index (χ1n) is 9.66. The molecule has 1 aromatic carbocycles. The van der Waals surface area contributed by atoms with Gasteiger partial charge in [-0.1, -0.05) is 36.2 Å². The van der Waals surface area contributed by atoms with Gasteiger partial charge in [0, 0.05) is 32.9 Å². The zero-order chi connectivity index (χ0) is 22.2. The van der Waals surface area contributed by atoms with Crippen LogP contribution in [0.25, 0.3) is 0 Å². The standard InChI is InChI=1S/C22H23Cl2NO5/c1-5-30-22(28)17-11(3)25-15-8-10(2)16(21(27)29-4)20(26)19(15)18(17)13-7-6-12(23)9-14(13)24/h6-7,9-10,16,18,25H,5,8H2,1-4H3/t10-,16+,18-/m0/s1. The maximum Gasteiger partial charge on any atom is 0.336 e. The van der Waals surface area contributed by atoms with Crippen LogP contribution in [0, 0.1) is 11.8 Å². The van der Waals surface area contributed by atoms with E-state index in [2.05, 4.69) is 5.32 Å². The molecule has 6 nitrogen and oxygen atoms in total. The number of nitrogens with one attached hydrogen (secondary N) is 1. The van der Waals surface area contributed by atoms with Crippen LogP contribution in [-0.2, 0) is 23.9 Å². The highest BCUT2D eigenvalue weighted by Gasteiger charge is 2.47. The molecule has 0 aromatic heterocycles. The van der Waals surface area contributed by atoms with Crippen LogP contribution in [0.4, 0.5) is 0 Å². The largest absolute Gasteiger partial charge is 0.468 e. The number of ether oxygens (including phenoxy) is 2. The van der Waals surface area contributed by atoms with Gasteiger partial charge in [0.1, 0.15) is 5.92 Å². The highest BCUT2D eigenvalue weighted by atomic mass is 35.5. The molecule has 0 bridgehead atoms. The van der Waals surface area contributed by atoms with Gasteiger partial charge in [-0.15, -0.1) is 0 Å². The molecule has 1 aliphatic carbocycles. The minimum absolute atomic E-state index is 0.179. The lowest BCUT2D eigenvalue weighted by molar-refractivity contribution is -0.151. The second kappa shape index (κ2) is 8.82. The van der Waals surface area contributed by atoms with Gasteiger partial charge in [-0.2, -0.15) is 0 Å². The van der Waals surface area contributed by atoms with Crippen molar-refractivity contribution in [3.63, 3.8) is 0 Å². The number of benzene rings is 1. The van der Waals surface area contributed by atoms with Crippen molar-refractivity contribution in [3.05, 3.63) is 56.3 Å². The smallest absolute Gasteiger partial charge is 0.336 e. The van der Waals surface area contributed by atoms with Crippen LogP contribution in [0.3, 0.4) is 0 Å². The summed E-state index contributed by atoms with van der Waals surface area (Å²) in [6.45, 7) is 5.47. The van der Waals surface area contributed by atoms with Crippen molar-refractivity contribution in [2.24, 2.45) is 11.8 Å². The number of Topliss-reactive ketones (excluding diaryl/α,β-unsaturated/α-hetero) is 1. The summed E-state index contributed by atoms with van der Waals surface area (Å²) in [5.74, 6) is -3.51. The van der Waals surface area contributed by atoms with E-state index in [1.807, 2.05) is 6.92 Å². The first-order valence-corrected chi connectivity index (χ1v) is 10.4. The van der Waals surface area contributed by atoms with Crippen LogP contribution in [-0.4, -0.2) is 31.4 Å². The zero-order valence-corrected chi connectivity index (χ0v) is 18.7. The summed E-state index contributed by atoms with van der Waals surface area (Å²) in [6.07, 6.45) is 0.454. The van der Waals surface area contributed by atoms with Crippen molar-refractivity contribution in [2.75, 3.05) is 13.7 Å². The lowest BCUT2D eigenvalue weighted by Gasteiger charge is -2.38. The minimum Gasteiger partial charge on any atom is -0.468 e. The highest BCUT2D eigenvalue weighted by molar-refractivity contribution is 6.35. The van der Waals surface area contributed by atoms with Crippen LogP contribution < -0.4 is 5.32 Å². The fraction of sp³-hybridized carbons (Fsp3) is 0.409. The third-order valence-corrected chi connectivity index (χ3v) is 6.07. The van der Waals surface area contributed by atoms with E-state index >= 15 is 0 Å². The number of ketones is 1. The van der Waals surface area contributed by atoms with Crippen LogP contribution in [0.1, 0.15) is 38.7 Å². The molecule has 160 valence electrons. The summed E-state index contributed by atoms with van der Waals surface area (Å²) < 4.78 is 10.1. The van der Waals surface area contributed by atoms with Crippen molar-refractivity contribution >= 4 is 40.9 Å². The van der Waals surface area contributed by atoms with Gasteiger partial charge in [0.2, 0.25) is 0 Å². The number of esters is 2. The molecule has 2 aliphatic rings. The van der Waals surface area contributed by atoms with E-state index in [0.29, 0.717) is 39.0 Å². The van der Waals surface area contributed by atoms with E-state index in [-0.39, 0.29) is 23.9 Å². The molecule has 3 rings (SSSR count). The summed E-state index contributed by atoms with van der Waals surface area (Å²) in [5, 5.41) is 3.94. The number of allylic oxidation sites excluding steroid dienone is 3. The number of hydrogen-bond acceptors (Lipinski definition) is 6. The predicted molar refractivity (Wildman–Crippen MR) is 113 cm³/mol. The topological polar surface area (TPSA) is 81.7 Å². The van der Waals surface area contributed by atoms with Crippen molar-refractivity contribution in [1.29, 1.82) is 0 Å². The first-order chi connectivity index (χ1) is 14.2. The molecule has 0 unspecified atom stereocenters. The molecule has 0 radical (unpaired) electrons. The van der Waals surface area contributed by atoms with Gasteiger partial charge in [0.05, 0.1) is 19.3 Å². The Balaban J connectivity index is 2.23. The lowest BCUT2D eigenvalue weighted by Crippen LogP contribution is -2.43. The molecule has 8 heteroatoms. The van der Waals surface area contributed by atoms with Gasteiger partial charge in [-0.25, -0.2) is 4.79 Å². The Hall–Kier alpha value is -2.31. The number of carbonyl (C=O) groups is 3. The molecule has 1 aromatic rings. The monoisotopic (exact) mass is 451 g/mol. The van der Waals surface area contributed by atoms with E-state index in [1.165, 1.54) is 7.11 Å². The third-order valence-electron chi connectivity index (χ3n) is 5.51. The normalized spacial score (nSPS) is 23.7. The molecule has 0 amide bonds. The zero-order valence-electron chi connectivity index (χ0n) is 17.2. The van der Waals surface area contributed by atoms with E-state index in [9.17, 15) is 14.4 Å². The fourth-order valence-electron chi connectivity index (χ4n) is 4.21. The number of halogens is 2. The Bertz CT molecular complexity index is 982. The maximum absolute atomic E-state index is 13.5. The van der Waals surface area contributed by atoms with Gasteiger partial charge in [0.25, 0.3) is 0 Å². The maximum atomic E-state index is 13.5. The van der Waals surface area contributed by atoms with Crippen LogP contribution >= 0.6 is 23.2 Å². The predicted octanol–water partition coefficient (Wildman–Crippen LogP) is 4.17. The van der Waals surface area contributed by atoms with Gasteiger partial charge >= 0.3 is 11.9 Å². The van der Waals surface area contributed by atoms with Gasteiger partial charge in [-0.05, 0) is 43.9 Å². The Morgan fingerprint density at radius 3 is 2.57 bits per heavy atom. The SMILES string of the molecule is CCOC(=O)C1=C(C)NC2=C(C(=O)[C@H](C(=O)OC)[C@@H](C)C2)[C@H]1c1ccc(Cl)cc1Cl. The molecule has 1 N–H and O–H groups in total. The Morgan fingerprint density at radius 2 is 1.97 bits per heavy atom. The molecule has 30 heavy (non-hydrogen) atoms. The van der Waals surface area contributed by atoms with Crippen LogP contribution in [0.2, 0.25) is 10.0 Å². The average Bonchev–Trinajstić information content (AvgIpc) is 2.66. The minimum atomic E-state index is -0.953. The lowest BCUT2D eigenvalue weighted by atomic mass is 9.69. The summed E-state index contributed by atoms with van der Waals surface area (Å²) in [4.78, 5) is 38.8. The van der Waals surface area contributed by atoms with Gasteiger partial charge < -0.3 is 14.8 Å². The van der Waals surface area contributed by atoms with Crippen LogP contribution in [0.15, 0.2) is 40.7 Å². The van der Waals surface area contributed by atoms with Crippen molar-refractivity contribution in [2.45, 2.75) is 33.1 Å². The number of rotatable bonds is 4. The number of dihydropyridines is 1. The Morgan fingerprint density at radius 1 is 1.27 bits per heavy atom. The van der Waals surface area contributed by atoms with Crippen molar-refractivity contribution in [1.82, 2.24) is 5.32 Å². The third kappa shape index (κ3) is 3.86. The Labute approximate surface area is 185 Å². The van der Waals surface area contributed by atoms with Crippen molar-refractivity contribution < 1.29 is 23.9 Å². The second-order valence-corrected chi connectivity index (χ2v) is 8.27. The molecule has 1 heterocycles. The van der Waals surface area contributed by atoms with E-state index in [4.69, 9.17) is 32.7 Å². The first kappa shape index (κ1) is 22.4. The number of hydrogen-bond donors (Lipinski definition) is 1. The summed E-state index contributed by atoms with van der Waals surface area (Å²) in [5.41, 5.74) is 2.42. The fourth-order valence-corrected chi connectivity index (χ4v) is 4.72. The Kier molecular flexibility index (Phi) is 6.58. The van der Waals surface area contributed by atoms with Crippen molar-refractivity contribution in [3.8, 4) is 0 Å². The second-order valence-electron chi connectivity index (χ2n) is 7.42. The molecular weight excluding hydrogens is 429 g/mol. The molecular formula is C22H23Cl2NO5. The van der Waals surface area contributed by atoms with Gasteiger partial charge in [0.15, 0.2) is 5.78 Å². The molecule has 0 saturated heterocycles. The molecule has 1 aliphatic heterocycles. The molecule has 3 atom stereocenters. The van der Waals surface area contributed by atoms with E-state index in [0.717, 1.165) is 0 Å². The van der Waals surface area contributed by atoms with Gasteiger partial charge in [-0.3, -0.25) is 9.59 Å². The average molecular weight is 452 g/mol. The molecule has 0 spiro atoms. The summed E-state index contributed by atoms with van der Waals surface area (Å²) in [7, 11) is 1.26. The van der Waals surface area contributed by atoms with E-state index in [1.54, 1.807) is 32.0 Å². The molecule has 0 fully saturated rings. The highest BCUT2D eigenvalue weighted by Crippen LogP contribution is 2.47. The van der Waals surface area contributed by atoms with Crippen LogP contribution in [0.5, 0.6) is 0 Å². The number of carbonyl (C=O) groups excluding carboxylic acids is 3. The summed E-state index contributed by atoms with van der Waals surface area (Å²) in [6, 6.07) is 4.90. The van der Waals surface area contributed by atoms with E-state index < -0.39 is 23.8 Å². The molecule has 0 saturated carbocycles. The quantitative estimate of drug-likeness (QED) is 0.546. The number of methoxy groups -OCH3 is 1.